The Balaban J connectivity index is 3.40. The van der Waals surface area contributed by atoms with Gasteiger partial charge in [0.2, 0.25) is 17.7 Å². The number of ketones is 2. The van der Waals surface area contributed by atoms with E-state index in [-0.39, 0.29) is 61.7 Å². The van der Waals surface area contributed by atoms with Gasteiger partial charge in [-0.15, -0.1) is 0 Å². The van der Waals surface area contributed by atoms with E-state index in [4.69, 9.17) is 18.9 Å². The summed E-state index contributed by atoms with van der Waals surface area (Å²) in [5, 5.41) is 7.81. The minimum atomic E-state index is -0.436. The van der Waals surface area contributed by atoms with Crippen molar-refractivity contribution in [2.45, 2.75) is 58.9 Å². The molecule has 0 aromatic rings. The zero-order valence-corrected chi connectivity index (χ0v) is 21.9. The fraction of sp³-hybridized carbons (Fsp3) is 0.792. The Labute approximate surface area is 213 Å². The fourth-order valence-corrected chi connectivity index (χ4v) is 2.70. The first-order chi connectivity index (χ1) is 17.3. The third-order valence-electron chi connectivity index (χ3n) is 4.83. The molecule has 0 aromatic carbocycles. The third-order valence-corrected chi connectivity index (χ3v) is 4.83. The fourth-order valence-electron chi connectivity index (χ4n) is 2.70. The first-order valence-corrected chi connectivity index (χ1v) is 12.5. The molecule has 208 valence electrons. The average Bonchev–Trinajstić information content (AvgIpc) is 2.86. The van der Waals surface area contributed by atoms with E-state index < -0.39 is 6.04 Å². The first-order valence-electron chi connectivity index (χ1n) is 12.5. The molecule has 3 amide bonds. The van der Waals surface area contributed by atoms with E-state index in [1.54, 1.807) is 6.92 Å². The number of hydrogen-bond donors (Lipinski definition) is 3. The van der Waals surface area contributed by atoms with Crippen LogP contribution in [0.15, 0.2) is 0 Å². The lowest BCUT2D eigenvalue weighted by molar-refractivity contribution is -0.127. The number of carbonyl (C=O) groups is 5. The maximum Gasteiger partial charge on any atom is 0.222 e. The van der Waals surface area contributed by atoms with Crippen LogP contribution in [0.1, 0.15) is 52.9 Å². The van der Waals surface area contributed by atoms with E-state index in [1.807, 2.05) is 6.92 Å². The van der Waals surface area contributed by atoms with E-state index >= 15 is 0 Å². The normalized spacial score (nSPS) is 11.5. The monoisotopic (exact) mass is 517 g/mol. The summed E-state index contributed by atoms with van der Waals surface area (Å²) in [6.07, 6.45) is 1.23. The zero-order chi connectivity index (χ0) is 27.0. The van der Waals surface area contributed by atoms with Crippen LogP contribution in [0.3, 0.4) is 0 Å². The van der Waals surface area contributed by atoms with E-state index in [9.17, 15) is 24.0 Å². The van der Waals surface area contributed by atoms with Crippen LogP contribution in [0, 0.1) is 0 Å². The number of amides is 3. The van der Waals surface area contributed by atoms with Gasteiger partial charge in [-0.3, -0.25) is 24.0 Å². The maximum absolute atomic E-state index is 11.7. The van der Waals surface area contributed by atoms with E-state index in [2.05, 4.69) is 16.0 Å². The quantitative estimate of drug-likeness (QED) is 0.149. The predicted octanol–water partition coefficient (Wildman–Crippen LogP) is -0.0816. The lowest BCUT2D eigenvalue weighted by Crippen LogP contribution is -2.39. The summed E-state index contributed by atoms with van der Waals surface area (Å²) < 4.78 is 21.4. The molecule has 0 bridgehead atoms. The summed E-state index contributed by atoms with van der Waals surface area (Å²) in [6, 6.07) is -0.436. The van der Waals surface area contributed by atoms with Crippen molar-refractivity contribution >= 4 is 29.3 Å². The number of carbonyl (C=O) groups excluding carboxylic acids is 5. The summed E-state index contributed by atoms with van der Waals surface area (Å²) in [5.74, 6) is -0.894. The molecule has 12 nitrogen and oxygen atoms in total. The van der Waals surface area contributed by atoms with Crippen LogP contribution in [-0.2, 0) is 42.9 Å². The molecule has 0 heterocycles. The molecule has 0 fully saturated rings. The average molecular weight is 518 g/mol. The van der Waals surface area contributed by atoms with Crippen LogP contribution < -0.4 is 16.0 Å². The molecule has 0 saturated heterocycles. The van der Waals surface area contributed by atoms with Crippen LogP contribution in [0.4, 0.5) is 0 Å². The van der Waals surface area contributed by atoms with Crippen LogP contribution >= 0.6 is 0 Å². The summed E-state index contributed by atoms with van der Waals surface area (Å²) in [7, 11) is 0. The summed E-state index contributed by atoms with van der Waals surface area (Å²) in [5.41, 5.74) is 0. The van der Waals surface area contributed by atoms with Gasteiger partial charge in [-0.1, -0.05) is 13.8 Å². The van der Waals surface area contributed by atoms with Crippen molar-refractivity contribution in [1.82, 2.24) is 16.0 Å². The highest BCUT2D eigenvalue weighted by atomic mass is 16.6. The molecule has 0 aromatic heterocycles. The van der Waals surface area contributed by atoms with Gasteiger partial charge in [0.15, 0.2) is 11.6 Å². The maximum atomic E-state index is 11.7. The van der Waals surface area contributed by atoms with Crippen molar-refractivity contribution < 1.29 is 42.9 Å². The van der Waals surface area contributed by atoms with Gasteiger partial charge in [0.05, 0.1) is 65.4 Å². The van der Waals surface area contributed by atoms with Gasteiger partial charge < -0.3 is 34.9 Å². The molecule has 0 aliphatic carbocycles. The third kappa shape index (κ3) is 20.9. The van der Waals surface area contributed by atoms with Crippen molar-refractivity contribution in [3.63, 3.8) is 0 Å². The van der Waals surface area contributed by atoms with Crippen molar-refractivity contribution in [2.24, 2.45) is 0 Å². The number of hydrogen-bond acceptors (Lipinski definition) is 9. The van der Waals surface area contributed by atoms with Crippen LogP contribution in [0.2, 0.25) is 0 Å². The Morgan fingerprint density at radius 3 is 1.72 bits per heavy atom. The van der Waals surface area contributed by atoms with Crippen molar-refractivity contribution in [3.05, 3.63) is 0 Å². The van der Waals surface area contributed by atoms with Gasteiger partial charge in [0.1, 0.15) is 0 Å². The molecule has 0 unspecified atom stereocenters. The predicted molar refractivity (Wildman–Crippen MR) is 131 cm³/mol. The van der Waals surface area contributed by atoms with Crippen molar-refractivity contribution in [3.8, 4) is 0 Å². The molecule has 1 atom stereocenters. The largest absolute Gasteiger partial charge is 0.379 e. The Kier molecular flexibility index (Phi) is 21.5. The van der Waals surface area contributed by atoms with Gasteiger partial charge in [0, 0.05) is 32.2 Å². The first kappa shape index (κ1) is 33.6. The molecule has 36 heavy (non-hydrogen) atoms. The van der Waals surface area contributed by atoms with Crippen LogP contribution in [0.5, 0.6) is 0 Å². The minimum Gasteiger partial charge on any atom is -0.379 e. The molecule has 12 heteroatoms. The number of nitrogens with one attached hydrogen (secondary N) is 3. The summed E-state index contributed by atoms with van der Waals surface area (Å²) >= 11 is 0. The Bertz CT molecular complexity index is 659. The summed E-state index contributed by atoms with van der Waals surface area (Å²) in [6.45, 7) is 8.17. The Morgan fingerprint density at radius 1 is 0.639 bits per heavy atom. The minimum absolute atomic E-state index is 0.0501. The van der Waals surface area contributed by atoms with Crippen LogP contribution in [0.25, 0.3) is 0 Å². The van der Waals surface area contributed by atoms with Gasteiger partial charge in [-0.2, -0.15) is 0 Å². The second-order valence-corrected chi connectivity index (χ2v) is 7.86. The van der Waals surface area contributed by atoms with Gasteiger partial charge in [0.25, 0.3) is 0 Å². The van der Waals surface area contributed by atoms with E-state index in [1.165, 1.54) is 6.92 Å². The van der Waals surface area contributed by atoms with E-state index in [0.29, 0.717) is 65.6 Å². The highest BCUT2D eigenvalue weighted by Gasteiger charge is 2.14. The molecule has 0 radical (unpaired) electrons. The smallest absolute Gasteiger partial charge is 0.222 e. The number of ether oxygens (including phenoxy) is 4. The second kappa shape index (κ2) is 23.0. The van der Waals surface area contributed by atoms with Crippen molar-refractivity contribution in [2.75, 3.05) is 65.9 Å². The molecule has 0 aliphatic heterocycles. The highest BCUT2D eigenvalue weighted by molar-refractivity contribution is 5.89. The molecule has 0 rings (SSSR count). The molecule has 0 saturated carbocycles. The molecular formula is C24H43N3O9. The lowest BCUT2D eigenvalue weighted by Gasteiger charge is -2.13. The molecular weight excluding hydrogens is 474 g/mol. The van der Waals surface area contributed by atoms with Gasteiger partial charge in [-0.05, 0) is 13.3 Å². The Hall–Kier alpha value is -2.41. The Morgan fingerprint density at radius 2 is 1.19 bits per heavy atom. The van der Waals surface area contributed by atoms with Crippen molar-refractivity contribution in [1.29, 1.82) is 0 Å². The topological polar surface area (TPSA) is 158 Å². The number of rotatable bonds is 24. The van der Waals surface area contributed by atoms with Gasteiger partial charge in [-0.25, -0.2) is 0 Å². The SMILES string of the molecule is CCC(=O)NCC(=O)CCC(=O)NCCOCCOCCOCCOCCC(=O)N[C@@H](CC)C(C)=O. The highest BCUT2D eigenvalue weighted by Crippen LogP contribution is 1.94. The summed E-state index contributed by atoms with van der Waals surface area (Å²) in [4.78, 5) is 57.4. The second-order valence-electron chi connectivity index (χ2n) is 7.86. The lowest BCUT2D eigenvalue weighted by atomic mass is 10.1. The number of Topliss-reactive ketones (excluding diaryl/α,β-unsaturated/α-hetero) is 2. The van der Waals surface area contributed by atoms with E-state index in [0.717, 1.165) is 0 Å². The van der Waals surface area contributed by atoms with Crippen LogP contribution in [-0.4, -0.2) is 101 Å². The van der Waals surface area contributed by atoms with Gasteiger partial charge >= 0.3 is 0 Å². The zero-order valence-electron chi connectivity index (χ0n) is 21.9. The molecule has 3 N–H and O–H groups in total. The molecule has 0 aliphatic rings. The molecule has 0 spiro atoms. The standard InChI is InChI=1S/C24H43N3O9/c1-4-21(19(3)28)27-24(32)8-10-33-12-14-35-16-17-36-15-13-34-11-9-25-23(31)7-6-20(29)18-26-22(30)5-2/h21H,4-18H2,1-3H3,(H,25,31)(H,26,30)(H,27,32)/t21-/m0/s1.